The summed E-state index contributed by atoms with van der Waals surface area (Å²) in [4.78, 5) is 28.6. The van der Waals surface area contributed by atoms with E-state index in [1.807, 2.05) is 26.8 Å². The Bertz CT molecular complexity index is 739. The lowest BCUT2D eigenvalue weighted by Crippen LogP contribution is -2.38. The predicted molar refractivity (Wildman–Crippen MR) is 84.0 cm³/mol. The first-order chi connectivity index (χ1) is 10.4. The summed E-state index contributed by atoms with van der Waals surface area (Å²) in [5.74, 6) is -0.436. The molecule has 118 valence electrons. The zero-order valence-corrected chi connectivity index (χ0v) is 13.0. The Morgan fingerprint density at radius 3 is 2.86 bits per heavy atom. The summed E-state index contributed by atoms with van der Waals surface area (Å²) in [7, 11) is 0. The number of aliphatic hydroxyl groups excluding tert-OH is 1. The van der Waals surface area contributed by atoms with Gasteiger partial charge in [0.15, 0.2) is 0 Å². The molecule has 2 rings (SSSR count). The molecule has 0 aromatic carbocycles. The molecule has 2 N–H and O–H groups in total. The highest BCUT2D eigenvalue weighted by Crippen LogP contribution is 2.06. The van der Waals surface area contributed by atoms with Crippen molar-refractivity contribution in [1.82, 2.24) is 14.7 Å². The Morgan fingerprint density at radius 1 is 1.45 bits per heavy atom. The highest BCUT2D eigenvalue weighted by molar-refractivity contribution is 5.93. The molecule has 1 amide bonds. The number of aromatic nitrogens is 2. The molecule has 0 aliphatic carbocycles. The average molecular weight is 303 g/mol. The number of aliphatic hydroxyl groups is 1. The fourth-order valence-electron chi connectivity index (χ4n) is 2.10. The first kappa shape index (κ1) is 16.2. The van der Waals surface area contributed by atoms with Gasteiger partial charge in [-0.2, -0.15) is 0 Å². The van der Waals surface area contributed by atoms with E-state index in [0.29, 0.717) is 5.65 Å². The van der Waals surface area contributed by atoms with Crippen molar-refractivity contribution in [3.8, 4) is 0 Å². The second-order valence-electron chi connectivity index (χ2n) is 5.57. The molecule has 6 heteroatoms. The summed E-state index contributed by atoms with van der Waals surface area (Å²) in [5.41, 5.74) is 0.955. The van der Waals surface area contributed by atoms with Crippen LogP contribution in [0, 0.1) is 12.8 Å². The van der Waals surface area contributed by atoms with Gasteiger partial charge in [-0.1, -0.05) is 26.3 Å². The van der Waals surface area contributed by atoms with Gasteiger partial charge in [0.2, 0.25) is 0 Å². The van der Waals surface area contributed by atoms with Crippen molar-refractivity contribution in [2.45, 2.75) is 33.3 Å². The van der Waals surface area contributed by atoms with Gasteiger partial charge in [0.25, 0.3) is 11.5 Å². The minimum atomic E-state index is -0.632. The lowest BCUT2D eigenvalue weighted by Gasteiger charge is -2.17. The predicted octanol–water partition coefficient (Wildman–Crippen LogP) is 1.14. The number of hydrogen-bond donors (Lipinski definition) is 2. The average Bonchev–Trinajstić information content (AvgIpc) is 2.52. The van der Waals surface area contributed by atoms with Gasteiger partial charge in [-0.25, -0.2) is 4.98 Å². The molecule has 0 spiro atoms. The molecule has 2 atom stereocenters. The SMILES string of the molecule is CCC(C)C(O)CNC(=O)c1cnc2ccc(C)cn2c1=O. The minimum Gasteiger partial charge on any atom is -0.391 e. The van der Waals surface area contributed by atoms with Gasteiger partial charge in [-0.15, -0.1) is 0 Å². The fraction of sp³-hybridized carbons (Fsp3) is 0.438. The number of carbonyl (C=O) groups excluding carboxylic acids is 1. The maximum atomic E-state index is 12.4. The van der Waals surface area contributed by atoms with E-state index in [0.717, 1.165) is 12.0 Å². The van der Waals surface area contributed by atoms with Crippen LogP contribution in [0.2, 0.25) is 0 Å². The van der Waals surface area contributed by atoms with Crippen LogP contribution in [0.3, 0.4) is 0 Å². The van der Waals surface area contributed by atoms with E-state index >= 15 is 0 Å². The molecule has 0 radical (unpaired) electrons. The van der Waals surface area contributed by atoms with E-state index in [1.165, 1.54) is 10.6 Å². The van der Waals surface area contributed by atoms with Gasteiger partial charge in [0, 0.05) is 18.9 Å². The highest BCUT2D eigenvalue weighted by Gasteiger charge is 2.17. The summed E-state index contributed by atoms with van der Waals surface area (Å²) < 4.78 is 1.36. The van der Waals surface area contributed by atoms with Crippen molar-refractivity contribution in [3.63, 3.8) is 0 Å². The second-order valence-corrected chi connectivity index (χ2v) is 5.57. The van der Waals surface area contributed by atoms with Crippen molar-refractivity contribution < 1.29 is 9.90 Å². The lowest BCUT2D eigenvalue weighted by atomic mass is 10.0. The number of fused-ring (bicyclic) bond motifs is 1. The quantitative estimate of drug-likeness (QED) is 0.867. The number of nitrogens with zero attached hydrogens (tertiary/aromatic N) is 2. The van der Waals surface area contributed by atoms with Crippen molar-refractivity contribution in [3.05, 3.63) is 46.0 Å². The molecule has 0 aliphatic rings. The summed E-state index contributed by atoms with van der Waals surface area (Å²) in [5, 5.41) is 12.5. The summed E-state index contributed by atoms with van der Waals surface area (Å²) in [6, 6.07) is 3.58. The van der Waals surface area contributed by atoms with Crippen LogP contribution in [-0.4, -0.2) is 33.0 Å². The van der Waals surface area contributed by atoms with Gasteiger partial charge in [-0.3, -0.25) is 14.0 Å². The number of carbonyl (C=O) groups is 1. The number of amides is 1. The van der Waals surface area contributed by atoms with Crippen molar-refractivity contribution in [1.29, 1.82) is 0 Å². The summed E-state index contributed by atoms with van der Waals surface area (Å²) in [6.07, 6.45) is 3.11. The molecule has 2 aromatic rings. The Kier molecular flexibility index (Phi) is 4.92. The van der Waals surface area contributed by atoms with Gasteiger partial charge >= 0.3 is 0 Å². The van der Waals surface area contributed by atoms with E-state index in [-0.39, 0.29) is 18.0 Å². The molecule has 0 bridgehead atoms. The lowest BCUT2D eigenvalue weighted by molar-refractivity contribution is 0.0848. The number of hydrogen-bond acceptors (Lipinski definition) is 4. The number of pyridine rings is 1. The third-order valence-corrected chi connectivity index (χ3v) is 3.87. The Labute approximate surface area is 128 Å². The molecule has 0 aliphatic heterocycles. The topological polar surface area (TPSA) is 83.7 Å². The maximum Gasteiger partial charge on any atom is 0.270 e. The van der Waals surface area contributed by atoms with Gasteiger partial charge in [0.1, 0.15) is 11.2 Å². The van der Waals surface area contributed by atoms with E-state index in [1.54, 1.807) is 12.3 Å². The number of rotatable bonds is 5. The monoisotopic (exact) mass is 303 g/mol. The minimum absolute atomic E-state index is 0.0283. The number of nitrogens with one attached hydrogen (secondary N) is 1. The molecular weight excluding hydrogens is 282 g/mol. The van der Waals surface area contributed by atoms with E-state index in [4.69, 9.17) is 0 Å². The molecule has 6 nitrogen and oxygen atoms in total. The van der Waals surface area contributed by atoms with Crippen molar-refractivity contribution in [2.75, 3.05) is 6.54 Å². The molecular formula is C16H21N3O3. The summed E-state index contributed by atoms with van der Waals surface area (Å²) in [6.45, 7) is 5.86. The van der Waals surface area contributed by atoms with Crippen molar-refractivity contribution in [2.24, 2.45) is 5.92 Å². The van der Waals surface area contributed by atoms with E-state index in [2.05, 4.69) is 10.3 Å². The van der Waals surface area contributed by atoms with Crippen LogP contribution in [0.5, 0.6) is 0 Å². The highest BCUT2D eigenvalue weighted by atomic mass is 16.3. The fourth-order valence-corrected chi connectivity index (χ4v) is 2.10. The molecule has 0 fully saturated rings. The van der Waals surface area contributed by atoms with Crippen LogP contribution in [0.4, 0.5) is 0 Å². The Hall–Kier alpha value is -2.21. The van der Waals surface area contributed by atoms with E-state index < -0.39 is 17.6 Å². The Morgan fingerprint density at radius 2 is 2.18 bits per heavy atom. The first-order valence-electron chi connectivity index (χ1n) is 7.38. The normalized spacial score (nSPS) is 13.8. The second kappa shape index (κ2) is 6.70. The zero-order chi connectivity index (χ0) is 16.3. The smallest absolute Gasteiger partial charge is 0.270 e. The van der Waals surface area contributed by atoms with E-state index in [9.17, 15) is 14.7 Å². The van der Waals surface area contributed by atoms with Crippen LogP contribution in [0.25, 0.3) is 5.65 Å². The largest absolute Gasteiger partial charge is 0.391 e. The molecule has 2 aromatic heterocycles. The van der Waals surface area contributed by atoms with Crippen molar-refractivity contribution >= 4 is 11.6 Å². The molecule has 0 saturated carbocycles. The van der Waals surface area contributed by atoms with Gasteiger partial charge < -0.3 is 10.4 Å². The Balaban J connectivity index is 2.22. The molecule has 0 saturated heterocycles. The van der Waals surface area contributed by atoms with Crippen LogP contribution in [0.15, 0.2) is 29.3 Å². The van der Waals surface area contributed by atoms with Gasteiger partial charge in [-0.05, 0) is 24.5 Å². The molecule has 2 heterocycles. The van der Waals surface area contributed by atoms with Gasteiger partial charge in [0.05, 0.1) is 6.10 Å². The number of aryl methyl sites for hydroxylation is 1. The zero-order valence-electron chi connectivity index (χ0n) is 13.0. The molecule has 2 unspecified atom stereocenters. The van der Waals surface area contributed by atoms with Crippen LogP contribution >= 0.6 is 0 Å². The standard InChI is InChI=1S/C16H21N3O3/c1-4-11(3)13(20)8-18-15(21)12-7-17-14-6-5-10(2)9-19(14)16(12)22/h5-7,9,11,13,20H,4,8H2,1-3H3,(H,18,21). The molecule has 22 heavy (non-hydrogen) atoms. The third kappa shape index (κ3) is 3.33. The first-order valence-corrected chi connectivity index (χ1v) is 7.38. The summed E-state index contributed by atoms with van der Waals surface area (Å²) >= 11 is 0. The van der Waals surface area contributed by atoms with Crippen LogP contribution in [0.1, 0.15) is 36.2 Å². The van der Waals surface area contributed by atoms with Crippen LogP contribution in [-0.2, 0) is 0 Å². The van der Waals surface area contributed by atoms with Crippen LogP contribution < -0.4 is 10.9 Å². The maximum absolute atomic E-state index is 12.4. The third-order valence-electron chi connectivity index (χ3n) is 3.87.